The number of benzene rings is 2. The van der Waals surface area contributed by atoms with Crippen LogP contribution in [0.4, 0.5) is 4.39 Å². The molecule has 194 valence electrons. The molecule has 7 nitrogen and oxygen atoms in total. The van der Waals surface area contributed by atoms with Crippen molar-refractivity contribution in [3.63, 3.8) is 0 Å². The van der Waals surface area contributed by atoms with Crippen molar-refractivity contribution in [1.29, 1.82) is 0 Å². The summed E-state index contributed by atoms with van der Waals surface area (Å²) < 4.78 is 50.8. The first-order chi connectivity index (χ1) is 17.7. The molecule has 0 amide bonds. The van der Waals surface area contributed by atoms with Crippen molar-refractivity contribution >= 4 is 37.9 Å². The second kappa shape index (κ2) is 12.3. The average Bonchev–Trinajstić information content (AvgIpc) is 3.49. The number of imidazole rings is 1. The molecule has 0 spiro atoms. The van der Waals surface area contributed by atoms with Gasteiger partial charge in [0.2, 0.25) is 5.89 Å². The molecule has 0 bridgehead atoms. The summed E-state index contributed by atoms with van der Waals surface area (Å²) in [5, 5.41) is 0. The van der Waals surface area contributed by atoms with Crippen LogP contribution in [0.1, 0.15) is 41.4 Å². The average molecular weight is 588 g/mol. The lowest BCUT2D eigenvalue weighted by atomic mass is 10.1. The van der Waals surface area contributed by atoms with Gasteiger partial charge in [-0.15, -0.1) is 0 Å². The molecule has 0 aliphatic rings. The number of nitrogens with zero attached hydrogens (tertiary/aromatic N) is 3. The lowest BCUT2D eigenvalue weighted by molar-refractivity contribution is 0.301. The minimum atomic E-state index is -3.11. The Morgan fingerprint density at radius 1 is 1.14 bits per heavy atom. The van der Waals surface area contributed by atoms with Crippen LogP contribution < -0.4 is 4.74 Å². The summed E-state index contributed by atoms with van der Waals surface area (Å²) in [5.74, 6) is 1.30. The second-order valence-electron chi connectivity index (χ2n) is 8.67. The van der Waals surface area contributed by atoms with Gasteiger partial charge in [0, 0.05) is 41.3 Å². The second-order valence-corrected chi connectivity index (χ2v) is 11.7. The molecule has 0 fully saturated rings. The Kier molecular flexibility index (Phi) is 8.94. The summed E-state index contributed by atoms with van der Waals surface area (Å²) in [6.07, 6.45) is 12.2. The zero-order chi connectivity index (χ0) is 26.3. The normalized spacial score (nSPS) is 11.9. The number of sulfone groups is 1. The minimum absolute atomic E-state index is 0.0419. The van der Waals surface area contributed by atoms with Crippen molar-refractivity contribution in [2.75, 3.05) is 6.26 Å². The highest BCUT2D eigenvalue weighted by atomic mass is 79.9. The van der Waals surface area contributed by atoms with Gasteiger partial charge in [0.15, 0.2) is 9.84 Å². The van der Waals surface area contributed by atoms with E-state index in [2.05, 4.69) is 25.9 Å². The third kappa shape index (κ3) is 8.40. The van der Waals surface area contributed by atoms with Gasteiger partial charge in [-0.3, -0.25) is 0 Å². The molecule has 0 unspecified atom stereocenters. The first kappa shape index (κ1) is 26.8. The molecule has 0 aliphatic heterocycles. The van der Waals surface area contributed by atoms with Crippen LogP contribution in [0.2, 0.25) is 0 Å². The fourth-order valence-electron chi connectivity index (χ4n) is 3.70. The molecule has 0 aliphatic carbocycles. The van der Waals surface area contributed by atoms with Gasteiger partial charge >= 0.3 is 0 Å². The van der Waals surface area contributed by atoms with Gasteiger partial charge in [-0.2, -0.15) is 0 Å². The number of ether oxygens (including phenoxy) is 1. The van der Waals surface area contributed by atoms with Crippen LogP contribution in [0, 0.1) is 5.82 Å². The third-order valence-corrected chi connectivity index (χ3v) is 6.83. The van der Waals surface area contributed by atoms with Crippen LogP contribution in [-0.2, 0) is 35.2 Å². The van der Waals surface area contributed by atoms with Gasteiger partial charge in [0.25, 0.3) is 0 Å². The molecule has 10 heteroatoms. The summed E-state index contributed by atoms with van der Waals surface area (Å²) in [4.78, 5) is 8.51. The van der Waals surface area contributed by atoms with E-state index in [-0.39, 0.29) is 18.2 Å². The predicted octanol–water partition coefficient (Wildman–Crippen LogP) is 6.09. The van der Waals surface area contributed by atoms with E-state index >= 15 is 0 Å². The number of aryl methyl sites for hydroxylation is 2. The van der Waals surface area contributed by atoms with Crippen LogP contribution >= 0.6 is 15.9 Å². The van der Waals surface area contributed by atoms with Crippen LogP contribution in [0.3, 0.4) is 0 Å². The molecule has 0 atom stereocenters. The molecule has 37 heavy (non-hydrogen) atoms. The highest BCUT2D eigenvalue weighted by Crippen LogP contribution is 2.19. The Bertz CT molecular complexity index is 1460. The number of hydrogen-bond donors (Lipinski definition) is 0. The highest BCUT2D eigenvalue weighted by molar-refractivity contribution is 9.10. The third-order valence-electron chi connectivity index (χ3n) is 5.56. The van der Waals surface area contributed by atoms with Crippen molar-refractivity contribution < 1.29 is 22.0 Å². The van der Waals surface area contributed by atoms with Crippen molar-refractivity contribution in [1.82, 2.24) is 14.5 Å². The first-order valence-electron chi connectivity index (χ1n) is 11.7. The summed E-state index contributed by atoms with van der Waals surface area (Å²) >= 11 is 3.24. The standard InChI is InChI=1S/C27H27BrFN3O4S/c1-37(33,34)19-26-30-13-15-32(26)14-3-2-4-20-5-10-24(11-6-20)35-17-23-18-36-27(31-23)12-8-21-7-9-22(28)16-25(21)29/h5-13,15-16,18H,2-4,14,17,19H2,1H3/b12-8+. The number of aromatic nitrogens is 3. The van der Waals surface area contributed by atoms with Crippen LogP contribution in [0.5, 0.6) is 5.75 Å². The van der Waals surface area contributed by atoms with E-state index in [1.165, 1.54) is 24.1 Å². The zero-order valence-corrected chi connectivity index (χ0v) is 22.7. The summed E-state index contributed by atoms with van der Waals surface area (Å²) in [7, 11) is -3.11. The lowest BCUT2D eigenvalue weighted by Gasteiger charge is -2.08. The van der Waals surface area contributed by atoms with E-state index in [9.17, 15) is 12.8 Å². The van der Waals surface area contributed by atoms with E-state index in [1.807, 2.05) is 35.0 Å². The fraction of sp³-hybridized carbons (Fsp3) is 0.259. The van der Waals surface area contributed by atoms with E-state index in [4.69, 9.17) is 9.15 Å². The number of oxazole rings is 1. The summed E-state index contributed by atoms with van der Waals surface area (Å²) in [6, 6.07) is 12.8. The number of rotatable bonds is 12. The molecular formula is C27H27BrFN3O4S. The van der Waals surface area contributed by atoms with Gasteiger partial charge in [0.05, 0.1) is 0 Å². The minimum Gasteiger partial charge on any atom is -0.487 e. The Balaban J connectivity index is 1.20. The van der Waals surface area contributed by atoms with Crippen LogP contribution in [0.15, 0.2) is 70.0 Å². The van der Waals surface area contributed by atoms with Gasteiger partial charge in [0.1, 0.15) is 41.7 Å². The van der Waals surface area contributed by atoms with Gasteiger partial charge in [-0.1, -0.05) is 34.1 Å². The van der Waals surface area contributed by atoms with Gasteiger partial charge in [-0.05, 0) is 55.2 Å². The monoisotopic (exact) mass is 587 g/mol. The fourth-order valence-corrected chi connectivity index (χ4v) is 4.74. The van der Waals surface area contributed by atoms with E-state index in [0.29, 0.717) is 27.4 Å². The molecule has 2 heterocycles. The quantitative estimate of drug-likeness (QED) is 0.186. The maximum Gasteiger partial charge on any atom is 0.218 e. The molecular weight excluding hydrogens is 561 g/mol. The Morgan fingerprint density at radius 2 is 1.95 bits per heavy atom. The first-order valence-corrected chi connectivity index (χ1v) is 14.6. The van der Waals surface area contributed by atoms with Crippen molar-refractivity contribution in [2.24, 2.45) is 0 Å². The number of hydrogen-bond acceptors (Lipinski definition) is 6. The molecule has 4 rings (SSSR count). The molecule has 2 aromatic carbocycles. The van der Waals surface area contributed by atoms with Gasteiger partial charge in [-0.25, -0.2) is 22.8 Å². The molecule has 0 radical (unpaired) electrons. The van der Waals surface area contributed by atoms with Crippen LogP contribution in [0.25, 0.3) is 12.2 Å². The Labute approximate surface area is 224 Å². The maximum atomic E-state index is 13.9. The summed E-state index contributed by atoms with van der Waals surface area (Å²) in [5.41, 5.74) is 2.27. The predicted molar refractivity (Wildman–Crippen MR) is 144 cm³/mol. The Morgan fingerprint density at radius 3 is 2.70 bits per heavy atom. The molecule has 0 saturated heterocycles. The lowest BCUT2D eigenvalue weighted by Crippen LogP contribution is -2.09. The van der Waals surface area contributed by atoms with E-state index < -0.39 is 9.84 Å². The van der Waals surface area contributed by atoms with E-state index in [0.717, 1.165) is 31.6 Å². The molecule has 4 aromatic rings. The SMILES string of the molecule is CS(=O)(=O)Cc1nccn1CCCCc1ccc(OCc2coc(/C=C/c3ccc(Br)cc3F)n2)cc1. The smallest absolute Gasteiger partial charge is 0.218 e. The van der Waals surface area contributed by atoms with Crippen LogP contribution in [-0.4, -0.2) is 29.2 Å². The van der Waals surface area contributed by atoms with E-state index in [1.54, 1.807) is 30.5 Å². The zero-order valence-electron chi connectivity index (χ0n) is 20.3. The Hall–Kier alpha value is -3.24. The molecule has 2 aromatic heterocycles. The highest BCUT2D eigenvalue weighted by Gasteiger charge is 2.10. The van der Waals surface area contributed by atoms with Gasteiger partial charge < -0.3 is 13.7 Å². The maximum absolute atomic E-state index is 13.9. The van der Waals surface area contributed by atoms with Crippen molar-refractivity contribution in [3.8, 4) is 5.75 Å². The number of halogens is 2. The summed E-state index contributed by atoms with van der Waals surface area (Å²) in [6.45, 7) is 0.989. The molecule has 0 saturated carbocycles. The largest absolute Gasteiger partial charge is 0.487 e. The number of unbranched alkanes of at least 4 members (excludes halogenated alkanes) is 1. The van der Waals surface area contributed by atoms with Crippen molar-refractivity contribution in [3.05, 3.63) is 99.9 Å². The molecule has 0 N–H and O–H groups in total. The topological polar surface area (TPSA) is 87.2 Å². The van der Waals surface area contributed by atoms with Crippen molar-refractivity contribution in [2.45, 2.75) is 38.2 Å².